The maximum absolute atomic E-state index is 13.2. The van der Waals surface area contributed by atoms with E-state index in [2.05, 4.69) is 16.4 Å². The standard InChI is InChI=1S/C17H24FN3O/c1-19-17(20-9-6-14-7-10-22-11-8-14)21(2)13-15-4-3-5-16(18)12-15/h3-5,7,12H,6,8-11,13H2,1-2H3,(H,19,20). The number of nitrogens with zero attached hydrogens (tertiary/aromatic N) is 2. The Hall–Kier alpha value is -1.88. The van der Waals surface area contributed by atoms with Crippen LogP contribution in [0.2, 0.25) is 0 Å². The quantitative estimate of drug-likeness (QED) is 0.516. The van der Waals surface area contributed by atoms with Crippen LogP contribution < -0.4 is 5.32 Å². The van der Waals surface area contributed by atoms with Crippen molar-refractivity contribution in [2.75, 3.05) is 33.9 Å². The minimum Gasteiger partial charge on any atom is -0.377 e. The summed E-state index contributed by atoms with van der Waals surface area (Å²) < 4.78 is 18.5. The van der Waals surface area contributed by atoms with Crippen LogP contribution in [0.5, 0.6) is 0 Å². The van der Waals surface area contributed by atoms with Gasteiger partial charge in [0.15, 0.2) is 5.96 Å². The van der Waals surface area contributed by atoms with Crippen LogP contribution in [0.25, 0.3) is 0 Å². The number of halogens is 1. The molecule has 2 rings (SSSR count). The first kappa shape index (κ1) is 16.5. The van der Waals surface area contributed by atoms with E-state index >= 15 is 0 Å². The monoisotopic (exact) mass is 305 g/mol. The molecule has 0 bridgehead atoms. The van der Waals surface area contributed by atoms with Gasteiger partial charge in [-0.05, 0) is 30.5 Å². The van der Waals surface area contributed by atoms with Crippen LogP contribution in [0.3, 0.4) is 0 Å². The van der Waals surface area contributed by atoms with Crippen molar-refractivity contribution in [1.29, 1.82) is 0 Å². The van der Waals surface area contributed by atoms with E-state index in [0.717, 1.165) is 44.1 Å². The molecule has 0 fully saturated rings. The van der Waals surface area contributed by atoms with Crippen molar-refractivity contribution in [2.24, 2.45) is 4.99 Å². The van der Waals surface area contributed by atoms with E-state index in [0.29, 0.717) is 6.54 Å². The summed E-state index contributed by atoms with van der Waals surface area (Å²) >= 11 is 0. The number of aliphatic imine (C=N–C) groups is 1. The van der Waals surface area contributed by atoms with E-state index in [1.165, 1.54) is 11.6 Å². The van der Waals surface area contributed by atoms with Crippen LogP contribution in [0.1, 0.15) is 18.4 Å². The minimum absolute atomic E-state index is 0.208. The van der Waals surface area contributed by atoms with Gasteiger partial charge in [-0.3, -0.25) is 4.99 Å². The summed E-state index contributed by atoms with van der Waals surface area (Å²) in [4.78, 5) is 6.28. The summed E-state index contributed by atoms with van der Waals surface area (Å²) in [6.07, 6.45) is 4.17. The highest BCUT2D eigenvalue weighted by Crippen LogP contribution is 2.11. The van der Waals surface area contributed by atoms with E-state index in [4.69, 9.17) is 4.74 Å². The van der Waals surface area contributed by atoms with Crippen molar-refractivity contribution in [2.45, 2.75) is 19.4 Å². The maximum atomic E-state index is 13.2. The highest BCUT2D eigenvalue weighted by molar-refractivity contribution is 5.79. The molecule has 4 nitrogen and oxygen atoms in total. The molecule has 120 valence electrons. The highest BCUT2D eigenvalue weighted by atomic mass is 19.1. The normalized spacial score (nSPS) is 15.4. The third kappa shape index (κ3) is 5.15. The molecule has 0 atom stereocenters. The van der Waals surface area contributed by atoms with Crippen LogP contribution in [0.4, 0.5) is 4.39 Å². The lowest BCUT2D eigenvalue weighted by Gasteiger charge is -2.23. The van der Waals surface area contributed by atoms with Crippen molar-refractivity contribution >= 4 is 5.96 Å². The Kier molecular flexibility index (Phi) is 6.40. The molecule has 22 heavy (non-hydrogen) atoms. The van der Waals surface area contributed by atoms with E-state index < -0.39 is 0 Å². The van der Waals surface area contributed by atoms with Crippen molar-refractivity contribution in [1.82, 2.24) is 10.2 Å². The van der Waals surface area contributed by atoms with E-state index in [1.807, 2.05) is 18.0 Å². The predicted octanol–water partition coefficient (Wildman–Crippen LogP) is 2.57. The second-order valence-corrected chi connectivity index (χ2v) is 5.40. The average Bonchev–Trinajstić information content (AvgIpc) is 2.52. The first-order valence-corrected chi connectivity index (χ1v) is 7.61. The smallest absolute Gasteiger partial charge is 0.193 e. The molecule has 0 amide bonds. The Labute approximate surface area is 131 Å². The lowest BCUT2D eigenvalue weighted by atomic mass is 10.1. The molecular weight excluding hydrogens is 281 g/mol. The molecule has 0 radical (unpaired) electrons. The molecule has 5 heteroatoms. The average molecular weight is 305 g/mol. The van der Waals surface area contributed by atoms with E-state index in [9.17, 15) is 4.39 Å². The molecule has 0 aromatic heterocycles. The fourth-order valence-corrected chi connectivity index (χ4v) is 2.50. The molecule has 0 unspecified atom stereocenters. The second-order valence-electron chi connectivity index (χ2n) is 5.40. The van der Waals surface area contributed by atoms with Crippen molar-refractivity contribution in [3.05, 3.63) is 47.3 Å². The third-order valence-corrected chi connectivity index (χ3v) is 3.67. The maximum Gasteiger partial charge on any atom is 0.193 e. The number of ether oxygens (including phenoxy) is 1. The van der Waals surface area contributed by atoms with E-state index in [1.54, 1.807) is 19.2 Å². The molecule has 1 aliphatic heterocycles. The zero-order valence-corrected chi connectivity index (χ0v) is 13.3. The van der Waals surface area contributed by atoms with Gasteiger partial charge < -0.3 is 15.0 Å². The number of benzene rings is 1. The summed E-state index contributed by atoms with van der Waals surface area (Å²) in [7, 11) is 3.71. The van der Waals surface area contributed by atoms with Gasteiger partial charge in [0, 0.05) is 27.2 Å². The molecule has 1 heterocycles. The van der Waals surface area contributed by atoms with Crippen LogP contribution >= 0.6 is 0 Å². The van der Waals surface area contributed by atoms with Gasteiger partial charge in [-0.25, -0.2) is 4.39 Å². The molecule has 1 aromatic rings. The first-order chi connectivity index (χ1) is 10.7. The molecule has 1 N–H and O–H groups in total. The highest BCUT2D eigenvalue weighted by Gasteiger charge is 2.08. The summed E-state index contributed by atoms with van der Waals surface area (Å²) in [5.74, 6) is 0.609. The van der Waals surface area contributed by atoms with Crippen LogP contribution in [-0.2, 0) is 11.3 Å². The molecule has 1 aliphatic rings. The number of rotatable bonds is 5. The summed E-state index contributed by atoms with van der Waals surface area (Å²) in [6, 6.07) is 6.65. The first-order valence-electron chi connectivity index (χ1n) is 7.61. The van der Waals surface area contributed by atoms with Gasteiger partial charge in [-0.1, -0.05) is 23.8 Å². The van der Waals surface area contributed by atoms with Gasteiger partial charge in [0.05, 0.1) is 13.2 Å². The second kappa shape index (κ2) is 8.54. The largest absolute Gasteiger partial charge is 0.377 e. The number of hydrogen-bond acceptors (Lipinski definition) is 2. The minimum atomic E-state index is -0.208. The fourth-order valence-electron chi connectivity index (χ4n) is 2.50. The Morgan fingerprint density at radius 1 is 1.45 bits per heavy atom. The van der Waals surface area contributed by atoms with Gasteiger partial charge in [-0.15, -0.1) is 0 Å². The van der Waals surface area contributed by atoms with Crippen LogP contribution in [0, 0.1) is 5.82 Å². The Morgan fingerprint density at radius 3 is 3.00 bits per heavy atom. The molecule has 0 spiro atoms. The Balaban J connectivity index is 1.81. The lowest BCUT2D eigenvalue weighted by molar-refractivity contribution is 0.153. The molecule has 1 aromatic carbocycles. The third-order valence-electron chi connectivity index (χ3n) is 3.67. The van der Waals surface area contributed by atoms with Crippen LogP contribution in [0.15, 0.2) is 40.9 Å². The summed E-state index contributed by atoms with van der Waals surface area (Å²) in [5.41, 5.74) is 2.36. The molecule has 0 aliphatic carbocycles. The lowest BCUT2D eigenvalue weighted by Crippen LogP contribution is -2.39. The molecule has 0 saturated carbocycles. The predicted molar refractivity (Wildman–Crippen MR) is 87.4 cm³/mol. The summed E-state index contributed by atoms with van der Waals surface area (Å²) in [5, 5.41) is 3.35. The van der Waals surface area contributed by atoms with Crippen molar-refractivity contribution in [3.8, 4) is 0 Å². The van der Waals surface area contributed by atoms with Gasteiger partial charge in [0.25, 0.3) is 0 Å². The number of guanidine groups is 1. The number of hydrogen-bond donors (Lipinski definition) is 1. The van der Waals surface area contributed by atoms with Gasteiger partial charge in [0.2, 0.25) is 0 Å². The SMILES string of the molecule is CN=C(NCCC1=CCOCC1)N(C)Cc1cccc(F)c1. The number of nitrogens with one attached hydrogen (secondary N) is 1. The van der Waals surface area contributed by atoms with Crippen molar-refractivity contribution < 1.29 is 9.13 Å². The van der Waals surface area contributed by atoms with E-state index in [-0.39, 0.29) is 5.82 Å². The van der Waals surface area contributed by atoms with Crippen molar-refractivity contribution in [3.63, 3.8) is 0 Å². The Morgan fingerprint density at radius 2 is 2.32 bits per heavy atom. The topological polar surface area (TPSA) is 36.9 Å². The summed E-state index contributed by atoms with van der Waals surface area (Å²) in [6.45, 7) is 3.00. The Bertz CT molecular complexity index is 542. The van der Waals surface area contributed by atoms with Crippen LogP contribution in [-0.4, -0.2) is 44.7 Å². The zero-order chi connectivity index (χ0) is 15.8. The van der Waals surface area contributed by atoms with Gasteiger partial charge in [0.1, 0.15) is 5.82 Å². The molecule has 0 saturated heterocycles. The van der Waals surface area contributed by atoms with Gasteiger partial charge in [-0.2, -0.15) is 0 Å². The zero-order valence-electron chi connectivity index (χ0n) is 13.3. The van der Waals surface area contributed by atoms with Gasteiger partial charge >= 0.3 is 0 Å². The molecular formula is C17H24FN3O. The fraction of sp³-hybridized carbons (Fsp3) is 0.471.